The first-order chi connectivity index (χ1) is 20.4. The third-order valence-corrected chi connectivity index (χ3v) is 8.38. The summed E-state index contributed by atoms with van der Waals surface area (Å²) in [7, 11) is 6.16. The van der Waals surface area contributed by atoms with E-state index in [1.54, 1.807) is 24.3 Å². The summed E-state index contributed by atoms with van der Waals surface area (Å²) in [5, 5.41) is 5.32. The SMILES string of the molecule is C=C1C=C(C(F)(F)F)C(C(=O)Nc2cc(-c3cc(CN4CC[C@H](N(C)C)C4)ccc3F)ccc2N2CCN(C)CC2)=CN1. The fourth-order valence-corrected chi connectivity index (χ4v) is 5.80. The normalized spacial score (nSPS) is 20.2. The molecule has 2 saturated heterocycles. The molecule has 3 aliphatic rings. The number of rotatable bonds is 7. The Morgan fingerprint density at radius 3 is 2.51 bits per heavy atom. The van der Waals surface area contributed by atoms with Crippen molar-refractivity contribution in [2.45, 2.75) is 25.2 Å². The Balaban J connectivity index is 1.46. The number of nitrogens with zero attached hydrogens (tertiary/aromatic N) is 4. The monoisotopic (exact) mass is 598 g/mol. The average molecular weight is 599 g/mol. The van der Waals surface area contributed by atoms with Gasteiger partial charge in [0.1, 0.15) is 5.82 Å². The van der Waals surface area contributed by atoms with Gasteiger partial charge in [-0.2, -0.15) is 13.2 Å². The largest absolute Gasteiger partial charge is 0.417 e. The summed E-state index contributed by atoms with van der Waals surface area (Å²) in [6.07, 6.45) is -1.85. The molecule has 0 aliphatic carbocycles. The third kappa shape index (κ3) is 7.11. The van der Waals surface area contributed by atoms with Crippen LogP contribution in [0.1, 0.15) is 12.0 Å². The molecular weight excluding hydrogens is 560 g/mol. The van der Waals surface area contributed by atoms with E-state index in [-0.39, 0.29) is 5.70 Å². The maximum absolute atomic E-state index is 15.3. The van der Waals surface area contributed by atoms with Crippen LogP contribution >= 0.6 is 0 Å². The Labute approximate surface area is 250 Å². The number of likely N-dealkylation sites (N-methyl/N-ethyl adjacent to an activating group) is 2. The van der Waals surface area contributed by atoms with Gasteiger partial charge in [0.25, 0.3) is 5.91 Å². The van der Waals surface area contributed by atoms with Crippen LogP contribution in [0.3, 0.4) is 0 Å². The minimum absolute atomic E-state index is 0.0329. The number of allylic oxidation sites excluding steroid dienone is 1. The zero-order chi connectivity index (χ0) is 30.9. The molecular formula is C32H38F4N6O. The zero-order valence-corrected chi connectivity index (χ0v) is 24.8. The number of halogens is 4. The second kappa shape index (κ2) is 12.5. The van der Waals surface area contributed by atoms with Crippen LogP contribution in [0.5, 0.6) is 0 Å². The summed E-state index contributed by atoms with van der Waals surface area (Å²) in [6, 6.07) is 10.8. The number of dihydropyridines is 1. The van der Waals surface area contributed by atoms with Crippen molar-refractivity contribution < 1.29 is 22.4 Å². The Morgan fingerprint density at radius 1 is 1.09 bits per heavy atom. The summed E-state index contributed by atoms with van der Waals surface area (Å²) in [5.74, 6) is -1.34. The maximum Gasteiger partial charge on any atom is 0.417 e. The van der Waals surface area contributed by atoms with Gasteiger partial charge in [0.05, 0.1) is 22.5 Å². The molecule has 0 radical (unpaired) electrons. The van der Waals surface area contributed by atoms with Gasteiger partial charge in [-0.1, -0.05) is 18.7 Å². The van der Waals surface area contributed by atoms with Crippen LogP contribution in [0, 0.1) is 5.82 Å². The summed E-state index contributed by atoms with van der Waals surface area (Å²) in [5.41, 5.74) is 1.24. The van der Waals surface area contributed by atoms with Crippen molar-refractivity contribution in [3.8, 4) is 11.1 Å². The maximum atomic E-state index is 15.3. The second-order valence-electron chi connectivity index (χ2n) is 11.7. The van der Waals surface area contributed by atoms with Gasteiger partial charge < -0.3 is 25.3 Å². The van der Waals surface area contributed by atoms with Crippen molar-refractivity contribution in [1.29, 1.82) is 0 Å². The Morgan fingerprint density at radius 2 is 1.84 bits per heavy atom. The molecule has 2 fully saturated rings. The Hall–Kier alpha value is -3.67. The number of nitrogens with one attached hydrogen (secondary N) is 2. The van der Waals surface area contributed by atoms with Crippen molar-refractivity contribution in [2.24, 2.45) is 0 Å². The van der Waals surface area contributed by atoms with E-state index in [2.05, 4.69) is 50.9 Å². The number of amides is 1. The molecule has 2 aromatic carbocycles. The molecule has 0 unspecified atom stereocenters. The lowest BCUT2D eigenvalue weighted by Gasteiger charge is -2.35. The number of hydrogen-bond acceptors (Lipinski definition) is 6. The molecule has 5 rings (SSSR count). The van der Waals surface area contributed by atoms with Crippen molar-refractivity contribution in [1.82, 2.24) is 20.0 Å². The van der Waals surface area contributed by atoms with Gasteiger partial charge >= 0.3 is 6.18 Å². The molecule has 2 aromatic rings. The summed E-state index contributed by atoms with van der Waals surface area (Å²) in [6.45, 7) is 9.01. The number of carbonyl (C=O) groups excluding carboxylic acids is 1. The lowest BCUT2D eigenvalue weighted by molar-refractivity contribution is -0.115. The molecule has 0 spiro atoms. The number of benzene rings is 2. The number of likely N-dealkylation sites (tertiary alicyclic amines) is 1. The van der Waals surface area contributed by atoms with Crippen LogP contribution in [0.25, 0.3) is 11.1 Å². The molecule has 43 heavy (non-hydrogen) atoms. The molecule has 0 saturated carbocycles. The van der Waals surface area contributed by atoms with Gasteiger partial charge in [-0.15, -0.1) is 0 Å². The number of carbonyl (C=O) groups is 1. The third-order valence-electron chi connectivity index (χ3n) is 8.38. The minimum Gasteiger partial charge on any atom is -0.367 e. The number of hydrogen-bond donors (Lipinski definition) is 2. The molecule has 1 atom stereocenters. The predicted octanol–water partition coefficient (Wildman–Crippen LogP) is 4.81. The highest BCUT2D eigenvalue weighted by molar-refractivity contribution is 6.09. The second-order valence-corrected chi connectivity index (χ2v) is 11.7. The number of anilines is 2. The van der Waals surface area contributed by atoms with Crippen LogP contribution in [-0.4, -0.2) is 93.2 Å². The molecule has 1 amide bonds. The van der Waals surface area contributed by atoms with E-state index >= 15 is 4.39 Å². The standard InChI is InChI=1S/C32H38F4N6O/c1-21-15-27(32(34,35)36)26(18-37-21)31(43)38-29-17-23(6-8-30(29)42-13-11-40(4)12-14-42)25-16-22(5-7-28(25)33)19-41-10-9-24(20-41)39(2)3/h5-8,15-18,24,37H,1,9-14,19-20H2,2-4H3,(H,38,43)/t24-/m0/s1. The van der Waals surface area contributed by atoms with E-state index in [4.69, 9.17) is 0 Å². The average Bonchev–Trinajstić information content (AvgIpc) is 3.43. The van der Waals surface area contributed by atoms with Gasteiger partial charge in [-0.05, 0) is 69.0 Å². The molecule has 0 aromatic heterocycles. The van der Waals surface area contributed by atoms with E-state index in [9.17, 15) is 18.0 Å². The van der Waals surface area contributed by atoms with E-state index in [1.165, 1.54) is 6.07 Å². The lowest BCUT2D eigenvalue weighted by atomic mass is 9.99. The highest BCUT2D eigenvalue weighted by atomic mass is 19.4. The molecule has 2 N–H and O–H groups in total. The zero-order valence-electron chi connectivity index (χ0n) is 24.8. The van der Waals surface area contributed by atoms with E-state index < -0.39 is 29.0 Å². The Kier molecular flexibility index (Phi) is 8.96. The van der Waals surface area contributed by atoms with Crippen molar-refractivity contribution in [2.75, 3.05) is 70.6 Å². The summed E-state index contributed by atoms with van der Waals surface area (Å²) in [4.78, 5) is 22.2. The highest BCUT2D eigenvalue weighted by Crippen LogP contribution is 2.37. The van der Waals surface area contributed by atoms with Crippen LogP contribution in [0.15, 0.2) is 72.1 Å². The van der Waals surface area contributed by atoms with Crippen LogP contribution in [0.4, 0.5) is 28.9 Å². The van der Waals surface area contributed by atoms with Crippen LogP contribution in [-0.2, 0) is 11.3 Å². The van der Waals surface area contributed by atoms with Gasteiger partial charge in [0.15, 0.2) is 0 Å². The molecule has 230 valence electrons. The highest BCUT2D eigenvalue weighted by Gasteiger charge is 2.40. The fourth-order valence-electron chi connectivity index (χ4n) is 5.80. The molecule has 11 heteroatoms. The molecule has 3 aliphatic heterocycles. The predicted molar refractivity (Wildman–Crippen MR) is 162 cm³/mol. The molecule has 0 bridgehead atoms. The minimum atomic E-state index is -4.75. The smallest absolute Gasteiger partial charge is 0.367 e. The first-order valence-corrected chi connectivity index (χ1v) is 14.4. The first kappa shape index (κ1) is 30.8. The van der Waals surface area contributed by atoms with Crippen molar-refractivity contribution >= 4 is 17.3 Å². The Bertz CT molecular complexity index is 1440. The van der Waals surface area contributed by atoms with Crippen molar-refractivity contribution in [3.05, 3.63) is 83.5 Å². The topological polar surface area (TPSA) is 54.1 Å². The summed E-state index contributed by atoms with van der Waals surface area (Å²) < 4.78 is 56.7. The first-order valence-electron chi connectivity index (χ1n) is 14.4. The van der Waals surface area contributed by atoms with E-state index in [0.29, 0.717) is 48.2 Å². The van der Waals surface area contributed by atoms with Gasteiger partial charge in [0.2, 0.25) is 0 Å². The quantitative estimate of drug-likeness (QED) is 0.447. The van der Waals surface area contributed by atoms with Gasteiger partial charge in [-0.25, -0.2) is 4.39 Å². The lowest BCUT2D eigenvalue weighted by Crippen LogP contribution is -2.44. The molecule has 3 heterocycles. The van der Waals surface area contributed by atoms with Crippen LogP contribution in [0.2, 0.25) is 0 Å². The van der Waals surface area contributed by atoms with Crippen LogP contribution < -0.4 is 15.5 Å². The fraction of sp³-hybridized carbons (Fsp3) is 0.406. The molecule has 7 nitrogen and oxygen atoms in total. The van der Waals surface area contributed by atoms with Gasteiger partial charge in [0, 0.05) is 69.3 Å². The summed E-state index contributed by atoms with van der Waals surface area (Å²) >= 11 is 0. The van der Waals surface area contributed by atoms with Gasteiger partial charge in [-0.3, -0.25) is 9.69 Å². The number of piperazine rings is 1. The van der Waals surface area contributed by atoms with E-state index in [0.717, 1.165) is 50.4 Å². The van der Waals surface area contributed by atoms with Crippen molar-refractivity contribution in [3.63, 3.8) is 0 Å². The van der Waals surface area contributed by atoms with E-state index in [1.807, 2.05) is 13.1 Å². The number of alkyl halides is 3.